The lowest BCUT2D eigenvalue weighted by Gasteiger charge is -2.35. The van der Waals surface area contributed by atoms with Crippen LogP contribution in [0.4, 0.5) is 0 Å². The van der Waals surface area contributed by atoms with Crippen LogP contribution in [0.1, 0.15) is 32.6 Å². The van der Waals surface area contributed by atoms with E-state index in [1.807, 2.05) is 0 Å². The quantitative estimate of drug-likeness (QED) is 0.924. The maximum atomic E-state index is 12.3. The predicted molar refractivity (Wildman–Crippen MR) is 82.2 cm³/mol. The van der Waals surface area contributed by atoms with Crippen molar-refractivity contribution in [2.45, 2.75) is 33.2 Å². The standard InChI is InChI=1S/C14H20N4O3S/c1-14(2)5-8-18(9-6-14)22(19,20)16-10-12-17-13-11(21-12)4-3-7-15-13/h3-4,7,16H,5-6,8-10H2,1-2H3. The highest BCUT2D eigenvalue weighted by Gasteiger charge is 2.31. The average molecular weight is 324 g/mol. The lowest BCUT2D eigenvalue weighted by molar-refractivity contribution is 0.194. The second-order valence-corrected chi connectivity index (χ2v) is 8.08. The van der Waals surface area contributed by atoms with Crippen LogP contribution in [0.15, 0.2) is 22.7 Å². The Morgan fingerprint density at radius 3 is 2.77 bits per heavy atom. The maximum Gasteiger partial charge on any atom is 0.279 e. The molecule has 0 aliphatic carbocycles. The number of nitrogens with zero attached hydrogens (tertiary/aromatic N) is 3. The van der Waals surface area contributed by atoms with Gasteiger partial charge < -0.3 is 4.42 Å². The molecule has 2 aromatic heterocycles. The molecule has 0 saturated carbocycles. The van der Waals surface area contributed by atoms with Crippen LogP contribution in [0.3, 0.4) is 0 Å². The van der Waals surface area contributed by atoms with Crippen molar-refractivity contribution in [3.05, 3.63) is 24.2 Å². The SMILES string of the molecule is CC1(C)CCN(S(=O)(=O)NCc2nc3ncccc3o2)CC1. The van der Waals surface area contributed by atoms with Gasteiger partial charge in [0.25, 0.3) is 10.2 Å². The van der Waals surface area contributed by atoms with Gasteiger partial charge in [-0.3, -0.25) is 0 Å². The number of pyridine rings is 1. The zero-order valence-corrected chi connectivity index (χ0v) is 13.6. The van der Waals surface area contributed by atoms with Crippen molar-refractivity contribution in [2.75, 3.05) is 13.1 Å². The van der Waals surface area contributed by atoms with E-state index >= 15 is 0 Å². The first-order valence-corrected chi connectivity index (χ1v) is 8.75. The second-order valence-electron chi connectivity index (χ2n) is 6.32. The molecule has 3 heterocycles. The van der Waals surface area contributed by atoms with Gasteiger partial charge in [0.1, 0.15) is 0 Å². The average Bonchev–Trinajstić information content (AvgIpc) is 2.88. The third-order valence-corrected chi connectivity index (χ3v) is 5.59. The minimum absolute atomic E-state index is 0.0264. The lowest BCUT2D eigenvalue weighted by atomic mass is 9.83. The molecule has 0 radical (unpaired) electrons. The third kappa shape index (κ3) is 3.29. The van der Waals surface area contributed by atoms with Gasteiger partial charge in [-0.15, -0.1) is 0 Å². The van der Waals surface area contributed by atoms with Gasteiger partial charge in [0.05, 0.1) is 6.54 Å². The third-order valence-electron chi connectivity index (χ3n) is 4.03. The first-order valence-electron chi connectivity index (χ1n) is 7.31. The van der Waals surface area contributed by atoms with E-state index in [-0.39, 0.29) is 12.0 Å². The molecule has 0 aromatic carbocycles. The molecular weight excluding hydrogens is 304 g/mol. The van der Waals surface area contributed by atoms with Crippen LogP contribution in [-0.2, 0) is 16.8 Å². The molecule has 1 saturated heterocycles. The van der Waals surface area contributed by atoms with Crippen molar-refractivity contribution in [1.29, 1.82) is 0 Å². The van der Waals surface area contributed by atoms with Crippen LogP contribution in [0.2, 0.25) is 0 Å². The molecule has 7 nitrogen and oxygen atoms in total. The fourth-order valence-electron chi connectivity index (χ4n) is 2.47. The summed E-state index contributed by atoms with van der Waals surface area (Å²) in [6.45, 7) is 5.43. The molecular formula is C14H20N4O3S. The normalized spacial score (nSPS) is 19.5. The molecule has 0 unspecified atom stereocenters. The van der Waals surface area contributed by atoms with Crippen LogP contribution < -0.4 is 4.72 Å². The summed E-state index contributed by atoms with van der Waals surface area (Å²) in [4.78, 5) is 8.22. The van der Waals surface area contributed by atoms with Crippen LogP contribution in [0.25, 0.3) is 11.2 Å². The van der Waals surface area contributed by atoms with E-state index in [1.54, 1.807) is 18.3 Å². The summed E-state index contributed by atoms with van der Waals surface area (Å²) in [6, 6.07) is 3.50. The summed E-state index contributed by atoms with van der Waals surface area (Å²) in [5.74, 6) is 0.314. The topological polar surface area (TPSA) is 88.3 Å². The van der Waals surface area contributed by atoms with Crippen LogP contribution in [0, 0.1) is 5.41 Å². The van der Waals surface area contributed by atoms with Gasteiger partial charge >= 0.3 is 0 Å². The second kappa shape index (κ2) is 5.60. The fraction of sp³-hybridized carbons (Fsp3) is 0.571. The molecule has 1 aliphatic rings. The van der Waals surface area contributed by atoms with Crippen molar-refractivity contribution in [3.63, 3.8) is 0 Å². The van der Waals surface area contributed by atoms with Gasteiger partial charge in [-0.25, -0.2) is 4.98 Å². The highest BCUT2D eigenvalue weighted by atomic mass is 32.2. The van der Waals surface area contributed by atoms with Crippen molar-refractivity contribution in [2.24, 2.45) is 5.41 Å². The number of oxazole rings is 1. The summed E-state index contributed by atoms with van der Waals surface area (Å²) in [5.41, 5.74) is 1.24. The Balaban J connectivity index is 1.65. The Kier molecular flexibility index (Phi) is 3.92. The van der Waals surface area contributed by atoms with E-state index in [1.165, 1.54) is 4.31 Å². The summed E-state index contributed by atoms with van der Waals surface area (Å²) in [5, 5.41) is 0. The monoisotopic (exact) mass is 324 g/mol. The highest BCUT2D eigenvalue weighted by Crippen LogP contribution is 2.30. The van der Waals surface area contributed by atoms with E-state index in [2.05, 4.69) is 28.5 Å². The highest BCUT2D eigenvalue weighted by molar-refractivity contribution is 7.87. The molecule has 8 heteroatoms. The minimum Gasteiger partial charge on any atom is -0.437 e. The summed E-state index contributed by atoms with van der Waals surface area (Å²) < 4.78 is 34.1. The number of aromatic nitrogens is 2. The Morgan fingerprint density at radius 2 is 2.09 bits per heavy atom. The van der Waals surface area contributed by atoms with E-state index < -0.39 is 10.2 Å². The van der Waals surface area contributed by atoms with E-state index in [4.69, 9.17) is 4.42 Å². The number of hydrogen-bond acceptors (Lipinski definition) is 5. The Morgan fingerprint density at radius 1 is 1.36 bits per heavy atom. The van der Waals surface area contributed by atoms with Gasteiger partial charge in [-0.1, -0.05) is 13.8 Å². The molecule has 1 N–H and O–H groups in total. The molecule has 3 rings (SSSR count). The van der Waals surface area contributed by atoms with Crippen molar-refractivity contribution < 1.29 is 12.8 Å². The number of nitrogens with one attached hydrogen (secondary N) is 1. The molecule has 0 bridgehead atoms. The molecule has 120 valence electrons. The summed E-state index contributed by atoms with van der Waals surface area (Å²) in [7, 11) is -3.51. The van der Waals surface area contributed by atoms with Crippen molar-refractivity contribution >= 4 is 21.4 Å². The maximum absolute atomic E-state index is 12.3. The van der Waals surface area contributed by atoms with Crippen molar-refractivity contribution in [1.82, 2.24) is 19.0 Å². The van der Waals surface area contributed by atoms with Crippen LogP contribution in [-0.4, -0.2) is 35.8 Å². The van der Waals surface area contributed by atoms with Crippen molar-refractivity contribution in [3.8, 4) is 0 Å². The van der Waals surface area contributed by atoms with Gasteiger partial charge in [-0.2, -0.15) is 22.4 Å². The van der Waals surface area contributed by atoms with E-state index in [9.17, 15) is 8.42 Å². The molecule has 1 aliphatic heterocycles. The predicted octanol–water partition coefficient (Wildman–Crippen LogP) is 1.68. The fourth-order valence-corrected chi connectivity index (χ4v) is 3.62. The molecule has 0 spiro atoms. The van der Waals surface area contributed by atoms with E-state index in [0.717, 1.165) is 12.8 Å². The Bertz CT molecular complexity index is 726. The van der Waals surface area contributed by atoms with Gasteiger partial charge in [0.2, 0.25) is 5.89 Å². The lowest BCUT2D eigenvalue weighted by Crippen LogP contribution is -2.46. The molecule has 1 fully saturated rings. The number of piperidine rings is 1. The first-order chi connectivity index (χ1) is 10.4. The number of rotatable bonds is 4. The van der Waals surface area contributed by atoms with E-state index in [0.29, 0.717) is 30.2 Å². The van der Waals surface area contributed by atoms with Crippen LogP contribution >= 0.6 is 0 Å². The Labute approximate surface area is 129 Å². The summed E-state index contributed by atoms with van der Waals surface area (Å²) >= 11 is 0. The largest absolute Gasteiger partial charge is 0.437 e. The number of hydrogen-bond donors (Lipinski definition) is 1. The molecule has 0 amide bonds. The number of fused-ring (bicyclic) bond motifs is 1. The zero-order valence-electron chi connectivity index (χ0n) is 12.7. The first kappa shape index (κ1) is 15.4. The van der Waals surface area contributed by atoms with Crippen LogP contribution in [0.5, 0.6) is 0 Å². The Hall–Kier alpha value is -1.51. The molecule has 0 atom stereocenters. The summed E-state index contributed by atoms with van der Waals surface area (Å²) in [6.07, 6.45) is 3.34. The zero-order chi connectivity index (χ0) is 15.8. The van der Waals surface area contributed by atoms with Gasteiger partial charge in [0.15, 0.2) is 11.2 Å². The molecule has 22 heavy (non-hydrogen) atoms. The van der Waals surface area contributed by atoms with Gasteiger partial charge in [0, 0.05) is 19.3 Å². The smallest absolute Gasteiger partial charge is 0.279 e. The van der Waals surface area contributed by atoms with Gasteiger partial charge in [-0.05, 0) is 30.4 Å². The minimum atomic E-state index is -3.51. The molecule has 2 aromatic rings.